The van der Waals surface area contributed by atoms with Gasteiger partial charge >= 0.3 is 12.1 Å². The van der Waals surface area contributed by atoms with E-state index in [0.29, 0.717) is 48.4 Å². The molecule has 4 fully saturated rings. The highest BCUT2D eigenvalue weighted by atomic mass is 19.1. The topological polar surface area (TPSA) is 102 Å². The van der Waals surface area contributed by atoms with E-state index in [1.54, 1.807) is 17.0 Å². The van der Waals surface area contributed by atoms with E-state index < -0.39 is 28.9 Å². The number of methoxy groups -OCH3 is 1. The van der Waals surface area contributed by atoms with Crippen molar-refractivity contribution in [1.82, 2.24) is 24.8 Å². The van der Waals surface area contributed by atoms with Crippen LogP contribution in [0.15, 0.2) is 42.6 Å². The number of piperazine rings is 1. The fourth-order valence-electron chi connectivity index (χ4n) is 8.80. The first-order chi connectivity index (χ1) is 26.3. The van der Waals surface area contributed by atoms with Crippen LogP contribution in [0.1, 0.15) is 52.0 Å². The predicted molar refractivity (Wildman–Crippen MR) is 201 cm³/mol. The molecule has 11 nitrogen and oxygen atoms in total. The molecule has 4 aliphatic heterocycles. The molecule has 55 heavy (non-hydrogen) atoms. The van der Waals surface area contributed by atoms with Crippen molar-refractivity contribution in [3.8, 4) is 35.4 Å². The van der Waals surface area contributed by atoms with Gasteiger partial charge in [0, 0.05) is 56.9 Å². The van der Waals surface area contributed by atoms with Gasteiger partial charge in [0.2, 0.25) is 0 Å². The van der Waals surface area contributed by atoms with Crippen LogP contribution < -0.4 is 14.4 Å². The molecule has 0 radical (unpaired) electrons. The molecule has 4 aliphatic rings. The van der Waals surface area contributed by atoms with Crippen LogP contribution >= 0.6 is 0 Å². The smallest absolute Gasteiger partial charge is 0.410 e. The standard InChI is InChI=1S/C41H43F3N6O5/c1-7-29-32(43)11-8-24-12-28(54-22-52-6)13-30(33(24)29)35-34(44)36-31(16-45-35)37(48-19-26-9-10-27(20-48)50(26)39(51)55-40(3,4)5)47-38(46-36)53-21-41-14-23(2)17-49(41)18-25(42)15-41/h1,8,11-13,16,25-27H,2,9-10,14-15,17-22H2,3-6H3/t25-,26-,27+,41+/m0/s1. The van der Waals surface area contributed by atoms with E-state index in [1.807, 2.05) is 30.6 Å². The first kappa shape index (κ1) is 36.8. The second-order valence-corrected chi connectivity index (χ2v) is 16.0. The van der Waals surface area contributed by atoms with Gasteiger partial charge in [-0.2, -0.15) is 9.97 Å². The molecule has 4 saturated heterocycles. The second kappa shape index (κ2) is 13.9. The maximum Gasteiger partial charge on any atom is 0.410 e. The summed E-state index contributed by atoms with van der Waals surface area (Å²) >= 11 is 0. The zero-order valence-corrected chi connectivity index (χ0v) is 31.3. The number of carbonyl (C=O) groups excluding carboxylic acids is 1. The van der Waals surface area contributed by atoms with Gasteiger partial charge in [-0.3, -0.25) is 14.8 Å². The highest BCUT2D eigenvalue weighted by molar-refractivity contribution is 6.03. The number of anilines is 1. The van der Waals surface area contributed by atoms with E-state index in [2.05, 4.69) is 22.5 Å². The second-order valence-electron chi connectivity index (χ2n) is 16.0. The molecule has 0 aliphatic carbocycles. The van der Waals surface area contributed by atoms with Crippen LogP contribution in [0.25, 0.3) is 32.9 Å². The Kier molecular flexibility index (Phi) is 9.28. The molecular weight excluding hydrogens is 713 g/mol. The molecule has 2 aromatic carbocycles. The normalized spacial score (nSPS) is 23.7. The number of halogens is 3. The third-order valence-corrected chi connectivity index (χ3v) is 11.0. The van der Waals surface area contributed by atoms with E-state index in [9.17, 15) is 9.18 Å². The molecule has 8 rings (SSSR count). The zero-order chi connectivity index (χ0) is 38.8. The summed E-state index contributed by atoms with van der Waals surface area (Å²) in [5, 5.41) is 1.10. The minimum absolute atomic E-state index is 0.0532. The summed E-state index contributed by atoms with van der Waals surface area (Å²) < 4.78 is 70.1. The molecule has 0 N–H and O–H groups in total. The number of hydrogen-bond acceptors (Lipinski definition) is 10. The van der Waals surface area contributed by atoms with E-state index in [-0.39, 0.29) is 78.3 Å². The van der Waals surface area contributed by atoms with Crippen molar-refractivity contribution in [3.05, 3.63) is 59.8 Å². The summed E-state index contributed by atoms with van der Waals surface area (Å²) in [5.41, 5.74) is -0.361. The van der Waals surface area contributed by atoms with Crippen LogP contribution in [0.5, 0.6) is 11.8 Å². The number of carbonyl (C=O) groups is 1. The number of fused-ring (bicyclic) bond motifs is 5. The average Bonchev–Trinajstić information content (AvgIpc) is 3.71. The molecule has 6 heterocycles. The third-order valence-electron chi connectivity index (χ3n) is 11.0. The summed E-state index contributed by atoms with van der Waals surface area (Å²) in [4.78, 5) is 33.2. The minimum atomic E-state index is -1.01. The first-order valence-corrected chi connectivity index (χ1v) is 18.4. The van der Waals surface area contributed by atoms with Gasteiger partial charge < -0.3 is 23.8 Å². The monoisotopic (exact) mass is 756 g/mol. The maximum atomic E-state index is 17.3. The van der Waals surface area contributed by atoms with E-state index >= 15 is 8.78 Å². The van der Waals surface area contributed by atoms with Gasteiger partial charge in [0.15, 0.2) is 12.6 Å². The Morgan fingerprint density at radius 3 is 2.58 bits per heavy atom. The lowest BCUT2D eigenvalue weighted by Crippen LogP contribution is -2.57. The largest absolute Gasteiger partial charge is 0.468 e. The van der Waals surface area contributed by atoms with E-state index in [0.717, 1.165) is 18.4 Å². The Labute approximate surface area is 317 Å². The van der Waals surface area contributed by atoms with Crippen LogP contribution in [0.3, 0.4) is 0 Å². The lowest BCUT2D eigenvalue weighted by Gasteiger charge is -2.42. The van der Waals surface area contributed by atoms with Gasteiger partial charge in [0.25, 0.3) is 0 Å². The van der Waals surface area contributed by atoms with Crippen LogP contribution in [-0.2, 0) is 9.47 Å². The number of hydrogen-bond donors (Lipinski definition) is 0. The van der Waals surface area contributed by atoms with Gasteiger partial charge in [-0.05, 0) is 63.6 Å². The van der Waals surface area contributed by atoms with E-state index in [1.165, 1.54) is 25.4 Å². The number of aromatic nitrogens is 3. The highest BCUT2D eigenvalue weighted by Gasteiger charge is 2.51. The van der Waals surface area contributed by atoms with Crippen molar-refractivity contribution in [1.29, 1.82) is 0 Å². The number of ether oxygens (including phenoxy) is 4. The summed E-state index contributed by atoms with van der Waals surface area (Å²) in [7, 11) is 1.47. The molecule has 14 heteroatoms. The van der Waals surface area contributed by atoms with Gasteiger partial charge in [0.05, 0.1) is 28.6 Å². The summed E-state index contributed by atoms with van der Waals surface area (Å²) in [6.45, 7) is 11.3. The number of amides is 1. The molecule has 0 unspecified atom stereocenters. The van der Waals surface area contributed by atoms with Gasteiger partial charge in [-0.15, -0.1) is 6.42 Å². The summed E-state index contributed by atoms with van der Waals surface area (Å²) in [5.74, 6) is 1.68. The summed E-state index contributed by atoms with van der Waals surface area (Å²) in [6, 6.07) is 5.56. The van der Waals surface area contributed by atoms with Crippen molar-refractivity contribution >= 4 is 33.6 Å². The molecule has 4 aromatic rings. The van der Waals surface area contributed by atoms with Crippen LogP contribution in [0.4, 0.5) is 23.8 Å². The lowest BCUT2D eigenvalue weighted by molar-refractivity contribution is 0.0122. The Morgan fingerprint density at radius 2 is 1.87 bits per heavy atom. The van der Waals surface area contributed by atoms with Crippen molar-refractivity contribution in [2.45, 2.75) is 75.8 Å². The van der Waals surface area contributed by atoms with Crippen molar-refractivity contribution < 1.29 is 36.9 Å². The van der Waals surface area contributed by atoms with Crippen molar-refractivity contribution in [3.63, 3.8) is 0 Å². The molecule has 4 atom stereocenters. The number of nitrogens with zero attached hydrogens (tertiary/aromatic N) is 6. The Hall–Kier alpha value is -5.13. The van der Waals surface area contributed by atoms with Gasteiger partial charge in [-0.1, -0.05) is 24.1 Å². The fourth-order valence-corrected chi connectivity index (χ4v) is 8.80. The molecule has 2 bridgehead atoms. The zero-order valence-electron chi connectivity index (χ0n) is 31.3. The lowest BCUT2D eigenvalue weighted by atomic mass is 9.93. The molecule has 2 aromatic heterocycles. The third kappa shape index (κ3) is 6.67. The number of terminal acetylenes is 1. The van der Waals surface area contributed by atoms with Crippen molar-refractivity contribution in [2.75, 3.05) is 51.6 Å². The van der Waals surface area contributed by atoms with Gasteiger partial charge in [0.1, 0.15) is 47.0 Å². The Balaban J connectivity index is 1.24. The van der Waals surface area contributed by atoms with E-state index in [4.69, 9.17) is 30.4 Å². The number of benzene rings is 2. The first-order valence-electron chi connectivity index (χ1n) is 18.4. The molecule has 0 saturated carbocycles. The van der Waals surface area contributed by atoms with Gasteiger partial charge in [-0.25, -0.2) is 18.0 Å². The summed E-state index contributed by atoms with van der Waals surface area (Å²) in [6.07, 6.45) is 8.27. The SMILES string of the molecule is C#Cc1c(F)ccc2cc(OCOC)cc(-c3ncc4c(N5C[C@H]6CC[C@@H](C5)N6C(=O)OC(C)(C)C)nc(OC[C@]56CC(=C)CN5C[C@@H](F)C6)nc4c3F)c12. The average molecular weight is 757 g/mol. The maximum absolute atomic E-state index is 17.3. The van der Waals surface area contributed by atoms with Crippen LogP contribution in [0.2, 0.25) is 0 Å². The van der Waals surface area contributed by atoms with Crippen LogP contribution in [0, 0.1) is 24.0 Å². The van der Waals surface area contributed by atoms with Crippen LogP contribution in [-0.4, -0.2) is 107 Å². The minimum Gasteiger partial charge on any atom is -0.468 e. The number of rotatable bonds is 8. The number of pyridine rings is 1. The molecule has 1 amide bonds. The Bertz CT molecular complexity index is 2240. The Morgan fingerprint density at radius 1 is 1.11 bits per heavy atom. The molecule has 288 valence electrons. The highest BCUT2D eigenvalue weighted by Crippen LogP contribution is 2.44. The number of alkyl halides is 1. The quantitative estimate of drug-likeness (QED) is 0.109. The van der Waals surface area contributed by atoms with Crippen molar-refractivity contribution in [2.24, 2.45) is 0 Å². The fraction of sp³-hybridized carbons (Fsp3) is 0.463. The molecular formula is C41H43F3N6O5. The predicted octanol–water partition coefficient (Wildman–Crippen LogP) is 6.80. The molecule has 0 spiro atoms.